The molecule has 3 rings (SSSR count). The van der Waals surface area contributed by atoms with Crippen LogP contribution in [0.25, 0.3) is 0 Å². The van der Waals surface area contributed by atoms with Gasteiger partial charge in [0.1, 0.15) is 18.4 Å². The van der Waals surface area contributed by atoms with Crippen LogP contribution < -0.4 is 9.64 Å². The van der Waals surface area contributed by atoms with Gasteiger partial charge in [0.2, 0.25) is 0 Å². The third-order valence-corrected chi connectivity index (χ3v) is 4.22. The Bertz CT molecular complexity index is 779. The smallest absolute Gasteiger partial charge is 0.343 e. The number of anilines is 1. The van der Waals surface area contributed by atoms with Crippen molar-refractivity contribution >= 4 is 24.3 Å². The Labute approximate surface area is 151 Å². The Balaban J connectivity index is 1.59. The standard InChI is InChI=1S/C19H19N3O4/c23-13-15-1-3-16(4-2-15)19(24)26-18-7-5-17(6-8-18)22-11-9-21(10-12-22)14-20-25/h1-8,13-14,25H,9-12H2. The van der Waals surface area contributed by atoms with Crippen molar-refractivity contribution in [2.24, 2.45) is 5.16 Å². The summed E-state index contributed by atoms with van der Waals surface area (Å²) in [4.78, 5) is 27.0. The predicted octanol–water partition coefficient (Wildman–Crippen LogP) is 2.26. The number of oxime groups is 1. The lowest BCUT2D eigenvalue weighted by Gasteiger charge is -2.34. The number of hydrogen-bond acceptors (Lipinski definition) is 6. The molecule has 1 fully saturated rings. The van der Waals surface area contributed by atoms with E-state index in [9.17, 15) is 9.59 Å². The molecule has 0 aliphatic carbocycles. The average Bonchev–Trinajstić information content (AvgIpc) is 2.69. The van der Waals surface area contributed by atoms with Crippen molar-refractivity contribution in [2.45, 2.75) is 0 Å². The summed E-state index contributed by atoms with van der Waals surface area (Å²) in [6, 6.07) is 13.6. The van der Waals surface area contributed by atoms with Gasteiger partial charge in [0.15, 0.2) is 0 Å². The van der Waals surface area contributed by atoms with Gasteiger partial charge < -0.3 is 19.7 Å². The highest BCUT2D eigenvalue weighted by Crippen LogP contribution is 2.21. The van der Waals surface area contributed by atoms with Crippen molar-refractivity contribution in [2.75, 3.05) is 31.1 Å². The van der Waals surface area contributed by atoms with Gasteiger partial charge >= 0.3 is 5.97 Å². The highest BCUT2D eigenvalue weighted by atomic mass is 16.5. The summed E-state index contributed by atoms with van der Waals surface area (Å²) in [5.41, 5.74) is 1.94. The van der Waals surface area contributed by atoms with Crippen molar-refractivity contribution in [1.82, 2.24) is 4.90 Å². The van der Waals surface area contributed by atoms with Crippen molar-refractivity contribution in [3.8, 4) is 5.75 Å². The molecule has 134 valence electrons. The third-order valence-electron chi connectivity index (χ3n) is 4.22. The second-order valence-electron chi connectivity index (χ2n) is 5.88. The van der Waals surface area contributed by atoms with Crippen LogP contribution in [-0.2, 0) is 0 Å². The zero-order valence-corrected chi connectivity index (χ0v) is 14.1. The van der Waals surface area contributed by atoms with E-state index in [0.29, 0.717) is 16.9 Å². The Morgan fingerprint density at radius 2 is 1.65 bits per heavy atom. The first-order chi connectivity index (χ1) is 12.7. The topological polar surface area (TPSA) is 82.4 Å². The largest absolute Gasteiger partial charge is 0.423 e. The molecule has 26 heavy (non-hydrogen) atoms. The minimum atomic E-state index is -0.466. The number of piperazine rings is 1. The molecule has 0 bridgehead atoms. The number of hydrogen-bond donors (Lipinski definition) is 1. The van der Waals surface area contributed by atoms with Crippen LogP contribution in [0.1, 0.15) is 20.7 Å². The maximum atomic E-state index is 12.1. The molecule has 2 aromatic carbocycles. The lowest BCUT2D eigenvalue weighted by molar-refractivity contribution is 0.0734. The Hall–Kier alpha value is -3.35. The number of carbonyl (C=O) groups is 2. The van der Waals surface area contributed by atoms with E-state index in [1.807, 2.05) is 17.0 Å². The molecule has 0 amide bonds. The van der Waals surface area contributed by atoms with Crippen molar-refractivity contribution in [1.29, 1.82) is 0 Å². The summed E-state index contributed by atoms with van der Waals surface area (Å²) in [6.07, 6.45) is 2.16. The van der Waals surface area contributed by atoms with Crippen LogP contribution in [0.2, 0.25) is 0 Å². The van der Waals surface area contributed by atoms with Crippen LogP contribution >= 0.6 is 0 Å². The van der Waals surface area contributed by atoms with Gasteiger partial charge in [0.25, 0.3) is 0 Å². The van der Waals surface area contributed by atoms with Gasteiger partial charge in [-0.2, -0.15) is 0 Å². The molecule has 1 heterocycles. The van der Waals surface area contributed by atoms with Crippen LogP contribution in [0.15, 0.2) is 53.7 Å². The summed E-state index contributed by atoms with van der Waals surface area (Å²) < 4.78 is 5.37. The fourth-order valence-electron chi connectivity index (χ4n) is 2.76. The van der Waals surface area contributed by atoms with Gasteiger partial charge in [-0.05, 0) is 36.4 Å². The first-order valence-corrected chi connectivity index (χ1v) is 8.23. The maximum Gasteiger partial charge on any atom is 0.343 e. The molecule has 7 heteroatoms. The number of aldehydes is 1. The number of benzene rings is 2. The zero-order valence-electron chi connectivity index (χ0n) is 14.1. The highest BCUT2D eigenvalue weighted by molar-refractivity contribution is 5.91. The molecular formula is C19H19N3O4. The number of esters is 1. The second kappa shape index (κ2) is 8.15. The lowest BCUT2D eigenvalue weighted by atomic mass is 10.1. The minimum absolute atomic E-state index is 0.390. The molecule has 1 aliphatic rings. The third kappa shape index (κ3) is 4.18. The summed E-state index contributed by atoms with van der Waals surface area (Å²) in [6.45, 7) is 3.18. The maximum absolute atomic E-state index is 12.1. The molecule has 0 spiro atoms. The summed E-state index contributed by atoms with van der Waals surface area (Å²) in [5, 5.41) is 11.6. The number of rotatable bonds is 5. The van der Waals surface area contributed by atoms with E-state index in [1.54, 1.807) is 36.4 Å². The fourth-order valence-corrected chi connectivity index (χ4v) is 2.76. The Morgan fingerprint density at radius 3 is 2.23 bits per heavy atom. The Morgan fingerprint density at radius 1 is 1.00 bits per heavy atom. The van der Waals surface area contributed by atoms with Gasteiger partial charge in [-0.3, -0.25) is 4.79 Å². The highest BCUT2D eigenvalue weighted by Gasteiger charge is 2.16. The average molecular weight is 353 g/mol. The first kappa shape index (κ1) is 17.5. The molecule has 0 saturated carbocycles. The second-order valence-corrected chi connectivity index (χ2v) is 5.88. The molecule has 7 nitrogen and oxygen atoms in total. The SMILES string of the molecule is O=Cc1ccc(C(=O)Oc2ccc(N3CCN(C=NO)CC3)cc2)cc1. The molecule has 0 unspecified atom stereocenters. The molecule has 0 aromatic heterocycles. The molecular weight excluding hydrogens is 334 g/mol. The monoisotopic (exact) mass is 353 g/mol. The minimum Gasteiger partial charge on any atom is -0.423 e. The predicted molar refractivity (Wildman–Crippen MR) is 97.3 cm³/mol. The van der Waals surface area contributed by atoms with Crippen LogP contribution in [0.5, 0.6) is 5.75 Å². The molecule has 1 N–H and O–H groups in total. The van der Waals surface area contributed by atoms with Crippen molar-refractivity contribution in [3.05, 3.63) is 59.7 Å². The van der Waals surface area contributed by atoms with Crippen LogP contribution in [-0.4, -0.2) is 54.9 Å². The van der Waals surface area contributed by atoms with Crippen LogP contribution in [0.3, 0.4) is 0 Å². The van der Waals surface area contributed by atoms with E-state index >= 15 is 0 Å². The molecule has 1 saturated heterocycles. The normalized spacial score (nSPS) is 14.5. The Kier molecular flexibility index (Phi) is 5.48. The van der Waals surface area contributed by atoms with Crippen LogP contribution in [0, 0.1) is 0 Å². The molecule has 0 radical (unpaired) electrons. The van der Waals surface area contributed by atoms with E-state index in [-0.39, 0.29) is 0 Å². The number of nitrogens with zero attached hydrogens (tertiary/aromatic N) is 3. The van der Waals surface area contributed by atoms with E-state index in [1.165, 1.54) is 6.34 Å². The summed E-state index contributed by atoms with van der Waals surface area (Å²) in [5.74, 6) is -0.00336. The summed E-state index contributed by atoms with van der Waals surface area (Å²) >= 11 is 0. The van der Waals surface area contributed by atoms with Gasteiger partial charge in [-0.1, -0.05) is 17.3 Å². The van der Waals surface area contributed by atoms with Crippen LogP contribution in [0.4, 0.5) is 5.69 Å². The van der Waals surface area contributed by atoms with E-state index in [2.05, 4.69) is 10.1 Å². The molecule has 0 atom stereocenters. The van der Waals surface area contributed by atoms with Crippen molar-refractivity contribution < 1.29 is 19.5 Å². The first-order valence-electron chi connectivity index (χ1n) is 8.23. The van der Waals surface area contributed by atoms with Gasteiger partial charge in [0, 0.05) is 37.4 Å². The van der Waals surface area contributed by atoms with Gasteiger partial charge in [-0.15, -0.1) is 0 Å². The number of carbonyl (C=O) groups excluding carboxylic acids is 2. The molecule has 1 aliphatic heterocycles. The van der Waals surface area contributed by atoms with Gasteiger partial charge in [-0.25, -0.2) is 4.79 Å². The number of ether oxygens (including phenoxy) is 1. The van der Waals surface area contributed by atoms with E-state index in [4.69, 9.17) is 9.94 Å². The zero-order chi connectivity index (χ0) is 18.4. The molecule has 2 aromatic rings. The summed E-state index contributed by atoms with van der Waals surface area (Å²) in [7, 11) is 0. The van der Waals surface area contributed by atoms with E-state index in [0.717, 1.165) is 38.2 Å². The quantitative estimate of drug-likeness (QED) is 0.169. The van der Waals surface area contributed by atoms with E-state index < -0.39 is 5.97 Å². The van der Waals surface area contributed by atoms with Gasteiger partial charge in [0.05, 0.1) is 5.56 Å². The van der Waals surface area contributed by atoms with Crippen molar-refractivity contribution in [3.63, 3.8) is 0 Å². The lowest BCUT2D eigenvalue weighted by Crippen LogP contribution is -2.45. The fraction of sp³-hybridized carbons (Fsp3) is 0.211.